The van der Waals surface area contributed by atoms with Crippen molar-refractivity contribution in [2.24, 2.45) is 5.73 Å². The minimum atomic E-state index is -0.718. The Bertz CT molecular complexity index is 460. The molecule has 6 heteroatoms. The zero-order valence-corrected chi connectivity index (χ0v) is 11.6. The molecule has 0 radical (unpaired) electrons. The molecule has 0 aliphatic heterocycles. The Morgan fingerprint density at radius 1 is 1.35 bits per heavy atom. The number of halogens is 1. The monoisotopic (exact) mass is 282 g/mol. The quantitative estimate of drug-likeness (QED) is 0.792. The molecule has 1 aromatic rings. The minimum absolute atomic E-state index is 0.175. The van der Waals surface area contributed by atoms with E-state index in [0.29, 0.717) is 5.56 Å². The van der Waals surface area contributed by atoms with Crippen molar-refractivity contribution >= 4 is 11.9 Å². The molecule has 110 valence electrons. The summed E-state index contributed by atoms with van der Waals surface area (Å²) >= 11 is 0. The van der Waals surface area contributed by atoms with E-state index in [2.05, 4.69) is 0 Å². The highest BCUT2D eigenvalue weighted by Gasteiger charge is 2.21. The van der Waals surface area contributed by atoms with Crippen LogP contribution in [0.25, 0.3) is 0 Å². The fourth-order valence-corrected chi connectivity index (χ4v) is 1.67. The van der Waals surface area contributed by atoms with Crippen molar-refractivity contribution in [1.29, 1.82) is 0 Å². The lowest BCUT2D eigenvalue weighted by Crippen LogP contribution is -2.44. The average Bonchev–Trinajstić information content (AvgIpc) is 2.39. The number of carbonyl (C=O) groups is 2. The zero-order valence-electron chi connectivity index (χ0n) is 11.6. The van der Waals surface area contributed by atoms with Crippen LogP contribution in [0.1, 0.15) is 19.4 Å². The lowest BCUT2D eigenvalue weighted by molar-refractivity contribution is -0.149. The van der Waals surface area contributed by atoms with Gasteiger partial charge in [0, 0.05) is 6.54 Å². The summed E-state index contributed by atoms with van der Waals surface area (Å²) in [5, 5.41) is 0. The van der Waals surface area contributed by atoms with Crippen LogP contribution in [0.15, 0.2) is 24.3 Å². The van der Waals surface area contributed by atoms with Crippen LogP contribution in [0.4, 0.5) is 4.39 Å². The van der Waals surface area contributed by atoms with Gasteiger partial charge < -0.3 is 15.4 Å². The van der Waals surface area contributed by atoms with Gasteiger partial charge in [-0.1, -0.05) is 12.1 Å². The van der Waals surface area contributed by atoms with Gasteiger partial charge in [-0.3, -0.25) is 9.59 Å². The number of hydrogen-bond acceptors (Lipinski definition) is 4. The molecular formula is C14H19FN2O3. The van der Waals surface area contributed by atoms with Crippen molar-refractivity contribution < 1.29 is 18.7 Å². The summed E-state index contributed by atoms with van der Waals surface area (Å²) in [5.41, 5.74) is 6.27. The maximum atomic E-state index is 12.8. The highest BCUT2D eigenvalue weighted by molar-refractivity contribution is 5.85. The van der Waals surface area contributed by atoms with E-state index < -0.39 is 12.0 Å². The summed E-state index contributed by atoms with van der Waals surface area (Å²) in [6.45, 7) is 3.49. The molecule has 0 heterocycles. The smallest absolute Gasteiger partial charge is 0.325 e. The Labute approximate surface area is 117 Å². The van der Waals surface area contributed by atoms with Gasteiger partial charge in [0.1, 0.15) is 12.4 Å². The molecular weight excluding hydrogens is 263 g/mol. The Balaban J connectivity index is 2.79. The largest absolute Gasteiger partial charge is 0.465 e. The lowest BCUT2D eigenvalue weighted by atomic mass is 10.2. The summed E-state index contributed by atoms with van der Waals surface area (Å²) in [5.74, 6) is -1.21. The molecule has 0 saturated carbocycles. The average molecular weight is 282 g/mol. The predicted octanol–water partition coefficient (Wildman–Crippen LogP) is 1.06. The number of benzene rings is 1. The topological polar surface area (TPSA) is 72.6 Å². The SMILES string of the molecule is CCOC(=O)CN(Cc1ccc(F)cc1)C(=O)C(C)N. The fourth-order valence-electron chi connectivity index (χ4n) is 1.67. The number of carbonyl (C=O) groups excluding carboxylic acids is 2. The molecule has 1 amide bonds. The van der Waals surface area contributed by atoms with E-state index in [0.717, 1.165) is 0 Å². The summed E-state index contributed by atoms with van der Waals surface area (Å²) in [7, 11) is 0. The number of nitrogens with two attached hydrogens (primary N) is 1. The normalized spacial score (nSPS) is 11.8. The Hall–Kier alpha value is -1.95. The van der Waals surface area contributed by atoms with Crippen LogP contribution >= 0.6 is 0 Å². The standard InChI is InChI=1S/C14H19FN2O3/c1-3-20-13(18)9-17(14(19)10(2)16)8-11-4-6-12(15)7-5-11/h4-7,10H,3,8-9,16H2,1-2H3. The van der Waals surface area contributed by atoms with E-state index in [1.165, 1.54) is 17.0 Å². The van der Waals surface area contributed by atoms with Crippen LogP contribution in [0, 0.1) is 5.82 Å². The summed E-state index contributed by atoms with van der Waals surface area (Å²) in [6.07, 6.45) is 0. The molecule has 1 aromatic carbocycles. The molecule has 1 rings (SSSR count). The first-order chi connectivity index (χ1) is 9.43. The number of nitrogens with zero attached hydrogens (tertiary/aromatic N) is 1. The zero-order chi connectivity index (χ0) is 15.1. The van der Waals surface area contributed by atoms with E-state index in [1.54, 1.807) is 26.0 Å². The maximum absolute atomic E-state index is 12.8. The number of esters is 1. The number of rotatable bonds is 6. The maximum Gasteiger partial charge on any atom is 0.325 e. The summed E-state index contributed by atoms with van der Waals surface area (Å²) < 4.78 is 17.7. The highest BCUT2D eigenvalue weighted by atomic mass is 19.1. The van der Waals surface area contributed by atoms with Crippen molar-refractivity contribution in [2.45, 2.75) is 26.4 Å². The molecule has 0 saturated heterocycles. The third kappa shape index (κ3) is 4.97. The van der Waals surface area contributed by atoms with Crippen molar-refractivity contribution in [3.05, 3.63) is 35.6 Å². The van der Waals surface area contributed by atoms with Crippen LogP contribution in [0.2, 0.25) is 0 Å². The van der Waals surface area contributed by atoms with Gasteiger partial charge in [0.25, 0.3) is 0 Å². The van der Waals surface area contributed by atoms with Crippen molar-refractivity contribution in [2.75, 3.05) is 13.2 Å². The second-order valence-corrected chi connectivity index (χ2v) is 4.41. The summed E-state index contributed by atoms with van der Waals surface area (Å²) in [4.78, 5) is 24.8. The molecule has 20 heavy (non-hydrogen) atoms. The molecule has 0 aliphatic rings. The predicted molar refractivity (Wildman–Crippen MR) is 72.1 cm³/mol. The van der Waals surface area contributed by atoms with Gasteiger partial charge in [-0.05, 0) is 31.5 Å². The molecule has 0 aromatic heterocycles. The van der Waals surface area contributed by atoms with Crippen molar-refractivity contribution in [3.63, 3.8) is 0 Å². The number of hydrogen-bond donors (Lipinski definition) is 1. The van der Waals surface area contributed by atoms with Gasteiger partial charge in [-0.2, -0.15) is 0 Å². The number of ether oxygens (including phenoxy) is 1. The van der Waals surface area contributed by atoms with Gasteiger partial charge in [0.05, 0.1) is 12.6 Å². The Morgan fingerprint density at radius 3 is 2.45 bits per heavy atom. The van der Waals surface area contributed by atoms with Gasteiger partial charge in [0.15, 0.2) is 0 Å². The number of amides is 1. The van der Waals surface area contributed by atoms with E-state index in [9.17, 15) is 14.0 Å². The van der Waals surface area contributed by atoms with Gasteiger partial charge in [-0.25, -0.2) is 4.39 Å². The molecule has 5 nitrogen and oxygen atoms in total. The highest BCUT2D eigenvalue weighted by Crippen LogP contribution is 2.08. The molecule has 0 bridgehead atoms. The second-order valence-electron chi connectivity index (χ2n) is 4.41. The van der Waals surface area contributed by atoms with Crippen LogP contribution in [-0.2, 0) is 20.9 Å². The third-order valence-electron chi connectivity index (χ3n) is 2.61. The first-order valence-corrected chi connectivity index (χ1v) is 6.38. The second kappa shape index (κ2) is 7.59. The van der Waals surface area contributed by atoms with Crippen LogP contribution in [0.3, 0.4) is 0 Å². The molecule has 2 N–H and O–H groups in total. The van der Waals surface area contributed by atoms with E-state index in [4.69, 9.17) is 10.5 Å². The van der Waals surface area contributed by atoms with Gasteiger partial charge in [0.2, 0.25) is 5.91 Å². The molecule has 0 aliphatic carbocycles. The lowest BCUT2D eigenvalue weighted by Gasteiger charge is -2.23. The first-order valence-electron chi connectivity index (χ1n) is 6.38. The van der Waals surface area contributed by atoms with Gasteiger partial charge in [-0.15, -0.1) is 0 Å². The van der Waals surface area contributed by atoms with Crippen molar-refractivity contribution in [3.8, 4) is 0 Å². The van der Waals surface area contributed by atoms with Crippen LogP contribution in [-0.4, -0.2) is 36.0 Å². The van der Waals surface area contributed by atoms with E-state index >= 15 is 0 Å². The van der Waals surface area contributed by atoms with Crippen molar-refractivity contribution in [1.82, 2.24) is 4.90 Å². The molecule has 0 fully saturated rings. The first kappa shape index (κ1) is 16.1. The van der Waals surface area contributed by atoms with E-state index in [1.807, 2.05) is 0 Å². The van der Waals surface area contributed by atoms with Crippen LogP contribution in [0.5, 0.6) is 0 Å². The molecule has 0 spiro atoms. The third-order valence-corrected chi connectivity index (χ3v) is 2.61. The van der Waals surface area contributed by atoms with Crippen LogP contribution < -0.4 is 5.73 Å². The Morgan fingerprint density at radius 2 is 1.95 bits per heavy atom. The summed E-state index contributed by atoms with van der Waals surface area (Å²) in [6, 6.07) is 5.00. The molecule has 1 atom stereocenters. The molecule has 1 unspecified atom stereocenters. The minimum Gasteiger partial charge on any atom is -0.465 e. The fraction of sp³-hybridized carbons (Fsp3) is 0.429. The van der Waals surface area contributed by atoms with E-state index in [-0.39, 0.29) is 31.4 Å². The Kier molecular flexibility index (Phi) is 6.11. The van der Waals surface area contributed by atoms with Gasteiger partial charge >= 0.3 is 5.97 Å².